The molecule has 0 aliphatic heterocycles. The number of amides is 3. The zero-order valence-electron chi connectivity index (χ0n) is 25.6. The molecule has 3 amide bonds. The van der Waals surface area contributed by atoms with Gasteiger partial charge in [-0.2, -0.15) is 13.2 Å². The number of halogens is 3. The minimum absolute atomic E-state index is 0.240. The zero-order valence-corrected chi connectivity index (χ0v) is 25.6. The number of ether oxygens (including phenoxy) is 1. The minimum atomic E-state index is -5.08. The Morgan fingerprint density at radius 1 is 0.761 bits per heavy atom. The average Bonchev–Trinajstić information content (AvgIpc) is 3.04. The van der Waals surface area contributed by atoms with Gasteiger partial charge >= 0.3 is 12.1 Å². The molecule has 248 valence electrons. The van der Waals surface area contributed by atoms with Crippen LogP contribution in [0.5, 0.6) is 5.75 Å². The van der Waals surface area contributed by atoms with Crippen LogP contribution in [0.25, 0.3) is 0 Å². The summed E-state index contributed by atoms with van der Waals surface area (Å²) in [6.07, 6.45) is -4.26. The van der Waals surface area contributed by atoms with Gasteiger partial charge in [-0.15, -0.1) is 0 Å². The second-order valence-electron chi connectivity index (χ2n) is 10.0. The van der Waals surface area contributed by atoms with Gasteiger partial charge in [0.1, 0.15) is 17.8 Å². The number of carboxylic acid groups (broad SMARTS) is 1. The van der Waals surface area contributed by atoms with Crippen molar-refractivity contribution in [1.29, 1.82) is 0 Å². The highest BCUT2D eigenvalue weighted by atomic mass is 19.4. The van der Waals surface area contributed by atoms with Crippen LogP contribution in [0, 0.1) is 0 Å². The predicted octanol–water partition coefficient (Wildman–Crippen LogP) is 3.66. The fourth-order valence-electron chi connectivity index (χ4n) is 4.07. The van der Waals surface area contributed by atoms with Crippen LogP contribution in [0.4, 0.5) is 13.2 Å². The topological polar surface area (TPSA) is 160 Å². The van der Waals surface area contributed by atoms with Crippen LogP contribution in [-0.2, 0) is 45.1 Å². The highest BCUT2D eigenvalue weighted by Crippen LogP contribution is 2.15. The van der Waals surface area contributed by atoms with Crippen molar-refractivity contribution in [3.63, 3.8) is 0 Å². The normalized spacial score (nSPS) is 12.0. The Morgan fingerprint density at radius 3 is 1.76 bits per heavy atom. The van der Waals surface area contributed by atoms with Gasteiger partial charge < -0.3 is 31.5 Å². The van der Waals surface area contributed by atoms with Crippen LogP contribution >= 0.6 is 0 Å². The first-order valence-electron chi connectivity index (χ1n) is 14.6. The molecule has 0 unspecified atom stereocenters. The van der Waals surface area contributed by atoms with Crippen molar-refractivity contribution in [2.24, 2.45) is 5.73 Å². The monoisotopic (exact) mass is 644 g/mol. The number of hydrogen-bond acceptors (Lipinski definition) is 6. The van der Waals surface area contributed by atoms with Crippen molar-refractivity contribution in [2.75, 3.05) is 6.61 Å². The molecule has 46 heavy (non-hydrogen) atoms. The lowest BCUT2D eigenvalue weighted by Crippen LogP contribution is -2.55. The molecule has 0 heterocycles. The van der Waals surface area contributed by atoms with Gasteiger partial charge in [0.2, 0.25) is 17.7 Å². The van der Waals surface area contributed by atoms with Gasteiger partial charge in [0, 0.05) is 32.4 Å². The summed E-state index contributed by atoms with van der Waals surface area (Å²) in [6, 6.07) is 22.9. The second-order valence-corrected chi connectivity index (χ2v) is 10.0. The Bertz CT molecular complexity index is 1400. The second kappa shape index (κ2) is 18.8. The van der Waals surface area contributed by atoms with Gasteiger partial charge in [-0.25, -0.2) is 4.79 Å². The van der Waals surface area contributed by atoms with Gasteiger partial charge in [-0.1, -0.05) is 73.7 Å². The molecule has 3 rings (SSSR count). The molecule has 0 radical (unpaired) electrons. The third-order valence-corrected chi connectivity index (χ3v) is 6.53. The molecule has 0 fully saturated rings. The first kappa shape index (κ1) is 37.3. The van der Waals surface area contributed by atoms with E-state index in [0.717, 1.165) is 28.0 Å². The largest absolute Gasteiger partial charge is 0.494 e. The molecule has 13 heteroatoms. The van der Waals surface area contributed by atoms with E-state index in [1.807, 2.05) is 85.8 Å². The summed E-state index contributed by atoms with van der Waals surface area (Å²) >= 11 is 0. The fourth-order valence-corrected chi connectivity index (χ4v) is 4.07. The van der Waals surface area contributed by atoms with E-state index in [1.54, 1.807) is 6.92 Å². The molecule has 0 saturated heterocycles. The van der Waals surface area contributed by atoms with Crippen molar-refractivity contribution >= 4 is 23.7 Å². The summed E-state index contributed by atoms with van der Waals surface area (Å²) < 4.78 is 37.2. The maximum atomic E-state index is 13.5. The number of rotatable bonds is 14. The molecule has 0 spiro atoms. The molecule has 0 aliphatic carbocycles. The average molecular weight is 645 g/mol. The molecule has 3 aromatic rings. The van der Waals surface area contributed by atoms with Crippen molar-refractivity contribution in [3.8, 4) is 5.75 Å². The van der Waals surface area contributed by atoms with Crippen molar-refractivity contribution in [1.82, 2.24) is 16.0 Å². The van der Waals surface area contributed by atoms with Crippen LogP contribution in [0.1, 0.15) is 42.5 Å². The molecule has 0 saturated carbocycles. The van der Waals surface area contributed by atoms with Crippen LogP contribution in [0.15, 0.2) is 78.9 Å². The maximum Gasteiger partial charge on any atom is 0.490 e. The lowest BCUT2D eigenvalue weighted by Gasteiger charge is -2.23. The summed E-state index contributed by atoms with van der Waals surface area (Å²) in [6.45, 7) is 4.96. The number of carboxylic acids is 1. The van der Waals surface area contributed by atoms with E-state index in [4.69, 9.17) is 20.4 Å². The van der Waals surface area contributed by atoms with Gasteiger partial charge in [-0.3, -0.25) is 14.4 Å². The maximum absolute atomic E-state index is 13.5. The zero-order chi connectivity index (χ0) is 34.1. The SMILES string of the molecule is CCOc1ccc(C[C@@H](NC(=O)CC)C(=O)N[C@@H](Cc2ccccc2)C(=O)NCc2ccc(CN)cc2)cc1.O=C(O)C(F)(F)F. The van der Waals surface area contributed by atoms with Gasteiger partial charge in [-0.05, 0) is 41.3 Å². The van der Waals surface area contributed by atoms with Gasteiger partial charge in [0.05, 0.1) is 6.61 Å². The summed E-state index contributed by atoms with van der Waals surface area (Å²) in [5, 5.41) is 15.8. The van der Waals surface area contributed by atoms with E-state index in [0.29, 0.717) is 26.1 Å². The van der Waals surface area contributed by atoms with Crippen LogP contribution in [-0.4, -0.2) is 53.7 Å². The quantitative estimate of drug-likeness (QED) is 0.179. The number of benzene rings is 3. The van der Waals surface area contributed by atoms with Crippen LogP contribution in [0.2, 0.25) is 0 Å². The Morgan fingerprint density at radius 2 is 1.26 bits per heavy atom. The molecule has 3 aromatic carbocycles. The summed E-state index contributed by atoms with van der Waals surface area (Å²) in [5.41, 5.74) is 9.37. The Balaban J connectivity index is 0.000000942. The standard InChI is InChI=1S/C31H38N4O4.C2HF3O2/c1-3-29(36)34-28(19-23-14-16-26(17-15-23)39-4-2)31(38)35-27(18-22-8-6-5-7-9-22)30(37)33-21-25-12-10-24(20-32)11-13-25;3-2(4,5)1(6)7/h5-17,27-28H,3-4,18-21,32H2,1-2H3,(H,33,37)(H,34,36)(H,35,38);(H,6,7)/t27-,28+;/m0./s1. The number of carbonyl (C=O) groups is 4. The van der Waals surface area contributed by atoms with Crippen molar-refractivity contribution in [2.45, 2.75) is 64.5 Å². The van der Waals surface area contributed by atoms with Gasteiger partial charge in [0.15, 0.2) is 0 Å². The Kier molecular flexibility index (Phi) is 15.2. The van der Waals surface area contributed by atoms with E-state index in [-0.39, 0.29) is 24.7 Å². The summed E-state index contributed by atoms with van der Waals surface area (Å²) in [5.74, 6) is -3.00. The highest BCUT2D eigenvalue weighted by Gasteiger charge is 2.38. The number of carbonyl (C=O) groups excluding carboxylic acids is 3. The van der Waals surface area contributed by atoms with Crippen molar-refractivity contribution < 1.29 is 42.2 Å². The Hall–Kier alpha value is -4.91. The molecule has 2 atom stereocenters. The summed E-state index contributed by atoms with van der Waals surface area (Å²) in [4.78, 5) is 47.9. The van der Waals surface area contributed by atoms with E-state index >= 15 is 0 Å². The number of aliphatic carboxylic acids is 1. The molecule has 0 bridgehead atoms. The number of hydrogen-bond donors (Lipinski definition) is 5. The molecule has 0 aliphatic rings. The van der Waals surface area contributed by atoms with E-state index in [1.165, 1.54) is 0 Å². The third kappa shape index (κ3) is 13.4. The lowest BCUT2D eigenvalue weighted by atomic mass is 10.0. The van der Waals surface area contributed by atoms with Crippen LogP contribution in [0.3, 0.4) is 0 Å². The molecular formula is C33H39F3N4O6. The molecule has 0 aromatic heterocycles. The first-order chi connectivity index (χ1) is 21.9. The summed E-state index contributed by atoms with van der Waals surface area (Å²) in [7, 11) is 0. The number of nitrogens with one attached hydrogen (secondary N) is 3. The number of nitrogens with two attached hydrogens (primary N) is 1. The van der Waals surface area contributed by atoms with Gasteiger partial charge in [0.25, 0.3) is 0 Å². The fraction of sp³-hybridized carbons (Fsp3) is 0.333. The van der Waals surface area contributed by atoms with E-state index in [2.05, 4.69) is 16.0 Å². The van der Waals surface area contributed by atoms with E-state index in [9.17, 15) is 27.6 Å². The smallest absolute Gasteiger partial charge is 0.490 e. The predicted molar refractivity (Wildman–Crippen MR) is 165 cm³/mol. The van der Waals surface area contributed by atoms with Crippen molar-refractivity contribution in [3.05, 3.63) is 101 Å². The third-order valence-electron chi connectivity index (χ3n) is 6.53. The molecule has 6 N–H and O–H groups in total. The van der Waals surface area contributed by atoms with Crippen LogP contribution < -0.4 is 26.4 Å². The molecular weight excluding hydrogens is 605 g/mol. The first-order valence-corrected chi connectivity index (χ1v) is 14.6. The highest BCUT2D eigenvalue weighted by molar-refractivity contribution is 5.92. The molecule has 10 nitrogen and oxygen atoms in total. The number of alkyl halides is 3. The Labute approximate surface area is 265 Å². The lowest BCUT2D eigenvalue weighted by molar-refractivity contribution is -0.192. The minimum Gasteiger partial charge on any atom is -0.494 e. The van der Waals surface area contributed by atoms with E-state index < -0.39 is 30.1 Å².